The van der Waals surface area contributed by atoms with E-state index in [1.165, 1.54) is 38.3 Å². The number of hydrazine groups is 1. The molecule has 3 aromatic rings. The van der Waals surface area contributed by atoms with Gasteiger partial charge in [0.15, 0.2) is 17.2 Å². The summed E-state index contributed by atoms with van der Waals surface area (Å²) in [6.45, 7) is 1.66. The lowest BCUT2D eigenvalue weighted by atomic mass is 10.1. The van der Waals surface area contributed by atoms with Crippen LogP contribution in [-0.2, 0) is 0 Å². The first-order valence-corrected chi connectivity index (χ1v) is 8.88. The summed E-state index contributed by atoms with van der Waals surface area (Å²) in [5, 5.41) is 8.43. The van der Waals surface area contributed by atoms with E-state index in [0.29, 0.717) is 28.6 Å². The number of rotatable bonds is 6. The van der Waals surface area contributed by atoms with Gasteiger partial charge < -0.3 is 14.2 Å². The Bertz CT molecular complexity index is 1040. The number of benzene rings is 2. The van der Waals surface area contributed by atoms with E-state index in [4.69, 9.17) is 14.2 Å². The Hall–Kier alpha value is -4.08. The van der Waals surface area contributed by atoms with Gasteiger partial charge in [0, 0.05) is 5.56 Å². The normalized spacial score (nSPS) is 10.3. The first kappa shape index (κ1) is 20.6. The fourth-order valence-corrected chi connectivity index (χ4v) is 2.72. The number of para-hydroxylation sites is 1. The monoisotopic (exact) mass is 411 g/mol. The zero-order valence-electron chi connectivity index (χ0n) is 16.9. The number of aryl methyl sites for hydroxylation is 1. The van der Waals surface area contributed by atoms with Crippen molar-refractivity contribution in [3.05, 3.63) is 59.4 Å². The summed E-state index contributed by atoms with van der Waals surface area (Å²) >= 11 is 0. The molecular formula is C20H21N5O5. The number of nitrogens with one attached hydrogen (secondary N) is 2. The quantitative estimate of drug-likeness (QED) is 0.593. The van der Waals surface area contributed by atoms with Crippen molar-refractivity contribution in [3.63, 3.8) is 0 Å². The molecule has 0 saturated carbocycles. The highest BCUT2D eigenvalue weighted by molar-refractivity contribution is 5.99. The van der Waals surface area contributed by atoms with Crippen LogP contribution in [0.4, 0.5) is 0 Å². The van der Waals surface area contributed by atoms with Gasteiger partial charge in [0.25, 0.3) is 11.8 Å². The lowest BCUT2D eigenvalue weighted by molar-refractivity contribution is 0.0843. The van der Waals surface area contributed by atoms with E-state index < -0.39 is 11.8 Å². The number of amides is 2. The Balaban J connectivity index is 1.74. The molecule has 1 heterocycles. The van der Waals surface area contributed by atoms with Crippen LogP contribution in [0.15, 0.2) is 42.5 Å². The molecular weight excluding hydrogens is 390 g/mol. The highest BCUT2D eigenvalue weighted by Crippen LogP contribution is 2.38. The smallest absolute Gasteiger partial charge is 0.292 e. The second kappa shape index (κ2) is 8.95. The van der Waals surface area contributed by atoms with E-state index >= 15 is 0 Å². The zero-order chi connectivity index (χ0) is 21.7. The SMILES string of the molecule is COc1cc(C(=O)NNC(=O)c2nn(-c3ccccc3)nc2C)cc(OC)c1OC. The topological polar surface area (TPSA) is 117 Å². The first-order chi connectivity index (χ1) is 14.5. The van der Waals surface area contributed by atoms with E-state index in [2.05, 4.69) is 21.0 Å². The molecule has 10 heteroatoms. The van der Waals surface area contributed by atoms with E-state index in [0.717, 1.165) is 0 Å². The number of methoxy groups -OCH3 is 3. The van der Waals surface area contributed by atoms with Crippen molar-refractivity contribution in [2.45, 2.75) is 6.92 Å². The maximum absolute atomic E-state index is 12.5. The van der Waals surface area contributed by atoms with Gasteiger partial charge in [-0.25, -0.2) is 0 Å². The van der Waals surface area contributed by atoms with Gasteiger partial charge in [0.05, 0.1) is 32.7 Å². The maximum Gasteiger partial charge on any atom is 0.292 e. The third-order valence-corrected chi connectivity index (χ3v) is 4.20. The molecule has 0 aliphatic rings. The summed E-state index contributed by atoms with van der Waals surface area (Å²) in [7, 11) is 4.35. The van der Waals surface area contributed by atoms with Gasteiger partial charge in [0.2, 0.25) is 5.75 Å². The van der Waals surface area contributed by atoms with Crippen LogP contribution >= 0.6 is 0 Å². The van der Waals surface area contributed by atoms with Gasteiger partial charge in [-0.3, -0.25) is 20.4 Å². The lowest BCUT2D eigenvalue weighted by Gasteiger charge is -2.14. The second-order valence-electron chi connectivity index (χ2n) is 6.08. The molecule has 0 aliphatic heterocycles. The van der Waals surface area contributed by atoms with Crippen molar-refractivity contribution in [3.8, 4) is 22.9 Å². The minimum Gasteiger partial charge on any atom is -0.493 e. The number of ether oxygens (including phenoxy) is 3. The molecule has 156 valence electrons. The van der Waals surface area contributed by atoms with Crippen LogP contribution in [-0.4, -0.2) is 48.1 Å². The Labute approximate surface area is 172 Å². The van der Waals surface area contributed by atoms with Crippen LogP contribution in [0.25, 0.3) is 5.69 Å². The minimum absolute atomic E-state index is 0.0871. The molecule has 2 aromatic carbocycles. The largest absolute Gasteiger partial charge is 0.493 e. The van der Waals surface area contributed by atoms with E-state index in [-0.39, 0.29) is 11.3 Å². The molecule has 0 unspecified atom stereocenters. The van der Waals surface area contributed by atoms with Crippen LogP contribution in [0.1, 0.15) is 26.5 Å². The van der Waals surface area contributed by atoms with Gasteiger partial charge in [0.1, 0.15) is 0 Å². The van der Waals surface area contributed by atoms with Crippen LogP contribution < -0.4 is 25.1 Å². The van der Waals surface area contributed by atoms with Crippen LogP contribution in [0, 0.1) is 6.92 Å². The van der Waals surface area contributed by atoms with Gasteiger partial charge in [-0.2, -0.15) is 9.90 Å². The molecule has 0 bridgehead atoms. The van der Waals surface area contributed by atoms with Gasteiger partial charge in [-0.15, -0.1) is 5.10 Å². The molecule has 0 radical (unpaired) electrons. The highest BCUT2D eigenvalue weighted by atomic mass is 16.5. The Morgan fingerprint density at radius 2 is 1.47 bits per heavy atom. The van der Waals surface area contributed by atoms with Crippen molar-refractivity contribution in [1.82, 2.24) is 25.8 Å². The van der Waals surface area contributed by atoms with Crippen LogP contribution in [0.2, 0.25) is 0 Å². The average Bonchev–Trinajstić information content (AvgIpc) is 3.18. The van der Waals surface area contributed by atoms with Gasteiger partial charge in [-0.1, -0.05) is 18.2 Å². The second-order valence-corrected chi connectivity index (χ2v) is 6.08. The molecule has 1 aromatic heterocycles. The number of nitrogens with zero attached hydrogens (tertiary/aromatic N) is 3. The molecule has 0 fully saturated rings. The Morgan fingerprint density at radius 1 is 0.867 bits per heavy atom. The molecule has 0 spiro atoms. The van der Waals surface area contributed by atoms with Gasteiger partial charge >= 0.3 is 0 Å². The van der Waals surface area contributed by atoms with Gasteiger partial charge in [-0.05, 0) is 31.2 Å². The molecule has 30 heavy (non-hydrogen) atoms. The van der Waals surface area contributed by atoms with Crippen LogP contribution in [0.3, 0.4) is 0 Å². The summed E-state index contributed by atoms with van der Waals surface area (Å²) in [5.41, 5.74) is 6.10. The third-order valence-electron chi connectivity index (χ3n) is 4.20. The van der Waals surface area contributed by atoms with Crippen LogP contribution in [0.5, 0.6) is 17.2 Å². The number of hydrogen-bond donors (Lipinski definition) is 2. The molecule has 0 aliphatic carbocycles. The van der Waals surface area contributed by atoms with Crippen molar-refractivity contribution in [1.29, 1.82) is 0 Å². The standard InChI is InChI=1S/C20H21N5O5/c1-12-17(24-25(23-12)14-8-6-5-7-9-14)20(27)22-21-19(26)13-10-15(28-2)18(30-4)16(11-13)29-3/h5-11H,1-4H3,(H,21,26)(H,22,27). The average molecular weight is 411 g/mol. The fraction of sp³-hybridized carbons (Fsp3) is 0.200. The number of hydrogen-bond acceptors (Lipinski definition) is 7. The first-order valence-electron chi connectivity index (χ1n) is 8.88. The molecule has 2 amide bonds. The predicted octanol–water partition coefficient (Wildman–Crippen LogP) is 1.68. The van der Waals surface area contributed by atoms with E-state index in [9.17, 15) is 9.59 Å². The molecule has 0 saturated heterocycles. The minimum atomic E-state index is -0.601. The molecule has 3 rings (SSSR count). The Kier molecular flexibility index (Phi) is 6.16. The summed E-state index contributed by atoms with van der Waals surface area (Å²) < 4.78 is 15.7. The summed E-state index contributed by atoms with van der Waals surface area (Å²) in [5.74, 6) is -0.190. The van der Waals surface area contributed by atoms with E-state index in [1.807, 2.05) is 30.3 Å². The van der Waals surface area contributed by atoms with Crippen molar-refractivity contribution in [2.24, 2.45) is 0 Å². The maximum atomic E-state index is 12.5. The fourth-order valence-electron chi connectivity index (χ4n) is 2.72. The number of carbonyl (C=O) groups excluding carboxylic acids is 2. The highest BCUT2D eigenvalue weighted by Gasteiger charge is 2.20. The molecule has 2 N–H and O–H groups in total. The Morgan fingerprint density at radius 3 is 2.03 bits per heavy atom. The lowest BCUT2D eigenvalue weighted by Crippen LogP contribution is -2.42. The third kappa shape index (κ3) is 4.17. The van der Waals surface area contributed by atoms with Crippen molar-refractivity contribution >= 4 is 11.8 Å². The summed E-state index contributed by atoms with van der Waals surface area (Å²) in [6, 6.07) is 12.1. The summed E-state index contributed by atoms with van der Waals surface area (Å²) in [6.07, 6.45) is 0. The number of aromatic nitrogens is 3. The summed E-state index contributed by atoms with van der Waals surface area (Å²) in [4.78, 5) is 26.3. The van der Waals surface area contributed by atoms with E-state index in [1.54, 1.807) is 6.92 Å². The molecule has 0 atom stereocenters. The van der Waals surface area contributed by atoms with Crippen molar-refractivity contribution < 1.29 is 23.8 Å². The predicted molar refractivity (Wildman–Crippen MR) is 107 cm³/mol. The zero-order valence-corrected chi connectivity index (χ0v) is 16.9. The van der Waals surface area contributed by atoms with Crippen molar-refractivity contribution in [2.75, 3.05) is 21.3 Å². The number of carbonyl (C=O) groups is 2. The molecule has 10 nitrogen and oxygen atoms in total.